The zero-order valence-corrected chi connectivity index (χ0v) is 4.46. The summed E-state index contributed by atoms with van der Waals surface area (Å²) >= 11 is 0. The van der Waals surface area contributed by atoms with E-state index >= 15 is 0 Å². The number of rotatable bonds is 0. The SMILES string of the molecule is [CH2]c1ccc(N)nc1. The van der Waals surface area contributed by atoms with Crippen LogP contribution in [0.5, 0.6) is 0 Å². The van der Waals surface area contributed by atoms with E-state index in [0.717, 1.165) is 5.56 Å². The maximum Gasteiger partial charge on any atom is 0.123 e. The number of hydrogen-bond donors (Lipinski definition) is 1. The first kappa shape index (κ1) is 5.09. The van der Waals surface area contributed by atoms with Crippen molar-refractivity contribution in [3.05, 3.63) is 30.8 Å². The van der Waals surface area contributed by atoms with Crippen LogP contribution in [-0.4, -0.2) is 4.98 Å². The van der Waals surface area contributed by atoms with Gasteiger partial charge in [0.1, 0.15) is 5.82 Å². The van der Waals surface area contributed by atoms with Gasteiger partial charge in [-0.1, -0.05) is 6.07 Å². The Hall–Kier alpha value is -1.05. The Morgan fingerprint density at radius 3 is 2.62 bits per heavy atom. The van der Waals surface area contributed by atoms with Gasteiger partial charge >= 0.3 is 0 Å². The zero-order valence-electron chi connectivity index (χ0n) is 4.46. The number of hydrogen-bond acceptors (Lipinski definition) is 2. The molecule has 1 aromatic rings. The van der Waals surface area contributed by atoms with Gasteiger partial charge in [0, 0.05) is 6.20 Å². The monoisotopic (exact) mass is 107 g/mol. The Bertz CT molecular complexity index is 145. The van der Waals surface area contributed by atoms with Gasteiger partial charge in [0.05, 0.1) is 0 Å². The van der Waals surface area contributed by atoms with Gasteiger partial charge in [0.25, 0.3) is 0 Å². The zero-order chi connectivity index (χ0) is 5.98. The average molecular weight is 107 g/mol. The highest BCUT2D eigenvalue weighted by Crippen LogP contribution is 1.97. The number of aromatic nitrogens is 1. The molecule has 0 aliphatic carbocycles. The first-order chi connectivity index (χ1) is 3.79. The van der Waals surface area contributed by atoms with Gasteiger partial charge in [-0.2, -0.15) is 0 Å². The van der Waals surface area contributed by atoms with Crippen molar-refractivity contribution in [2.45, 2.75) is 0 Å². The molecule has 2 N–H and O–H groups in total. The molecule has 0 fully saturated rings. The summed E-state index contributed by atoms with van der Waals surface area (Å²) in [4.78, 5) is 3.79. The van der Waals surface area contributed by atoms with Crippen molar-refractivity contribution in [1.29, 1.82) is 0 Å². The highest BCUT2D eigenvalue weighted by molar-refractivity contribution is 5.29. The molecule has 41 valence electrons. The van der Waals surface area contributed by atoms with E-state index in [4.69, 9.17) is 5.73 Å². The predicted octanol–water partition coefficient (Wildman–Crippen LogP) is 0.846. The van der Waals surface area contributed by atoms with Crippen LogP contribution in [0.2, 0.25) is 0 Å². The fourth-order valence-electron chi connectivity index (χ4n) is 0.436. The van der Waals surface area contributed by atoms with E-state index in [2.05, 4.69) is 11.9 Å². The molecule has 2 nitrogen and oxygen atoms in total. The van der Waals surface area contributed by atoms with Gasteiger partial charge in [0.2, 0.25) is 0 Å². The average Bonchev–Trinajstić information content (AvgIpc) is 1.77. The van der Waals surface area contributed by atoms with Crippen LogP contribution in [0.4, 0.5) is 5.82 Å². The van der Waals surface area contributed by atoms with Crippen molar-refractivity contribution >= 4 is 5.82 Å². The molecule has 1 heterocycles. The summed E-state index contributed by atoms with van der Waals surface area (Å²) in [7, 11) is 0. The van der Waals surface area contributed by atoms with Crippen LogP contribution in [0.3, 0.4) is 0 Å². The summed E-state index contributed by atoms with van der Waals surface area (Å²) in [5.41, 5.74) is 6.18. The van der Waals surface area contributed by atoms with Crippen molar-refractivity contribution in [3.8, 4) is 0 Å². The lowest BCUT2D eigenvalue weighted by Gasteiger charge is -1.89. The normalized spacial score (nSPS) is 9.12. The van der Waals surface area contributed by atoms with Crippen molar-refractivity contribution in [3.63, 3.8) is 0 Å². The largest absolute Gasteiger partial charge is 0.384 e. The molecular formula is C6H7N2. The third-order valence-corrected chi connectivity index (χ3v) is 0.848. The number of nitrogens with zero attached hydrogens (tertiary/aromatic N) is 1. The molecule has 2 heteroatoms. The number of anilines is 1. The van der Waals surface area contributed by atoms with Crippen LogP contribution >= 0.6 is 0 Å². The smallest absolute Gasteiger partial charge is 0.123 e. The molecule has 0 aliphatic heterocycles. The molecule has 0 unspecified atom stereocenters. The summed E-state index contributed by atoms with van der Waals surface area (Å²) in [5, 5.41) is 0. The van der Waals surface area contributed by atoms with Crippen LogP contribution in [-0.2, 0) is 0 Å². The Morgan fingerprint density at radius 2 is 2.25 bits per heavy atom. The predicted molar refractivity (Wildman–Crippen MR) is 33.1 cm³/mol. The lowest BCUT2D eigenvalue weighted by atomic mass is 10.3. The van der Waals surface area contributed by atoms with E-state index in [1.165, 1.54) is 0 Å². The molecule has 0 saturated heterocycles. The molecule has 1 rings (SSSR count). The molecule has 1 radical (unpaired) electrons. The fourth-order valence-corrected chi connectivity index (χ4v) is 0.436. The number of nitrogens with two attached hydrogens (primary N) is 1. The van der Waals surface area contributed by atoms with Crippen molar-refractivity contribution in [2.75, 3.05) is 5.73 Å². The third-order valence-electron chi connectivity index (χ3n) is 0.848. The minimum atomic E-state index is 0.539. The van der Waals surface area contributed by atoms with Crippen LogP contribution in [0.1, 0.15) is 5.56 Å². The van der Waals surface area contributed by atoms with Gasteiger partial charge in [-0.15, -0.1) is 0 Å². The second-order valence-electron chi connectivity index (χ2n) is 1.59. The van der Waals surface area contributed by atoms with Crippen LogP contribution in [0.25, 0.3) is 0 Å². The van der Waals surface area contributed by atoms with E-state index in [1.54, 1.807) is 12.3 Å². The van der Waals surface area contributed by atoms with E-state index in [-0.39, 0.29) is 0 Å². The second kappa shape index (κ2) is 1.82. The lowest BCUT2D eigenvalue weighted by Crippen LogP contribution is -1.87. The Kier molecular flexibility index (Phi) is 1.16. The Morgan fingerprint density at radius 1 is 1.50 bits per heavy atom. The summed E-state index contributed by atoms with van der Waals surface area (Å²) < 4.78 is 0. The van der Waals surface area contributed by atoms with Crippen molar-refractivity contribution < 1.29 is 0 Å². The topological polar surface area (TPSA) is 38.9 Å². The van der Waals surface area contributed by atoms with Crippen LogP contribution in [0, 0.1) is 6.92 Å². The maximum atomic E-state index is 5.29. The first-order valence-corrected chi connectivity index (χ1v) is 2.32. The molecule has 0 amide bonds. The van der Waals surface area contributed by atoms with Gasteiger partial charge < -0.3 is 5.73 Å². The van der Waals surface area contributed by atoms with Crippen LogP contribution < -0.4 is 5.73 Å². The van der Waals surface area contributed by atoms with E-state index in [0.29, 0.717) is 5.82 Å². The third kappa shape index (κ3) is 0.964. The molecule has 0 bridgehead atoms. The number of pyridine rings is 1. The summed E-state index contributed by atoms with van der Waals surface area (Å²) in [6, 6.07) is 3.55. The van der Waals surface area contributed by atoms with Crippen molar-refractivity contribution in [2.24, 2.45) is 0 Å². The van der Waals surface area contributed by atoms with Gasteiger partial charge in [0.15, 0.2) is 0 Å². The summed E-state index contributed by atoms with van der Waals surface area (Å²) in [5.74, 6) is 0.539. The Labute approximate surface area is 48.4 Å². The van der Waals surface area contributed by atoms with E-state index < -0.39 is 0 Å². The molecule has 0 spiro atoms. The maximum absolute atomic E-state index is 5.29. The van der Waals surface area contributed by atoms with Gasteiger partial charge in [-0.25, -0.2) is 4.98 Å². The van der Waals surface area contributed by atoms with E-state index in [1.807, 2.05) is 6.07 Å². The standard InChI is InChI=1S/C6H7N2/c1-5-2-3-6(7)8-4-5/h2-4H,1H2,(H2,7,8). The molecule has 0 aliphatic rings. The van der Waals surface area contributed by atoms with Crippen LogP contribution in [0.15, 0.2) is 18.3 Å². The summed E-state index contributed by atoms with van der Waals surface area (Å²) in [6.07, 6.45) is 1.63. The van der Waals surface area contributed by atoms with E-state index in [9.17, 15) is 0 Å². The number of nitrogen functional groups attached to an aromatic ring is 1. The Balaban J connectivity index is 3.03. The minimum Gasteiger partial charge on any atom is -0.384 e. The first-order valence-electron chi connectivity index (χ1n) is 2.32. The molecular weight excluding hydrogens is 100 g/mol. The molecule has 8 heavy (non-hydrogen) atoms. The fraction of sp³-hybridized carbons (Fsp3) is 0. The quantitative estimate of drug-likeness (QED) is 0.533. The molecule has 0 aromatic carbocycles. The van der Waals surface area contributed by atoms with Crippen molar-refractivity contribution in [1.82, 2.24) is 4.98 Å². The van der Waals surface area contributed by atoms with Gasteiger partial charge in [-0.3, -0.25) is 0 Å². The molecule has 1 aromatic heterocycles. The highest BCUT2D eigenvalue weighted by atomic mass is 14.8. The second-order valence-corrected chi connectivity index (χ2v) is 1.59. The lowest BCUT2D eigenvalue weighted by molar-refractivity contribution is 1.31. The molecule has 0 atom stereocenters. The molecule has 0 saturated carbocycles. The summed E-state index contributed by atoms with van der Waals surface area (Å²) in [6.45, 7) is 3.64. The minimum absolute atomic E-state index is 0.539. The highest BCUT2D eigenvalue weighted by Gasteiger charge is 1.81. The van der Waals surface area contributed by atoms with Gasteiger partial charge in [-0.05, 0) is 18.6 Å².